The number of nitrogens with zero attached hydrogens (tertiary/aromatic N) is 5. The molecule has 4 rings (SSSR count). The van der Waals surface area contributed by atoms with Gasteiger partial charge in [0.1, 0.15) is 5.75 Å². The molecule has 0 radical (unpaired) electrons. The third-order valence-electron chi connectivity index (χ3n) is 5.87. The molecule has 0 spiro atoms. The first-order chi connectivity index (χ1) is 16.2. The first-order valence-electron chi connectivity index (χ1n) is 11.9. The van der Waals surface area contributed by atoms with Gasteiger partial charge in [-0.15, -0.1) is 11.3 Å². The lowest BCUT2D eigenvalue weighted by molar-refractivity contribution is 0.0753. The van der Waals surface area contributed by atoms with E-state index in [1.165, 1.54) is 5.01 Å². The van der Waals surface area contributed by atoms with Crippen LogP contribution in [-0.2, 0) is 18.7 Å². The Morgan fingerprint density at radius 2 is 1.85 bits per heavy atom. The van der Waals surface area contributed by atoms with Crippen molar-refractivity contribution in [3.8, 4) is 5.75 Å². The fourth-order valence-corrected chi connectivity index (χ4v) is 5.05. The first-order valence-corrected chi connectivity index (χ1v) is 12.8. The number of carbonyl (C=O) groups is 1. The largest absolute Gasteiger partial charge is 0.471 e. The molecular formula is C26H35N5O2S. The summed E-state index contributed by atoms with van der Waals surface area (Å²) in [6, 6.07) is 7.89. The van der Waals surface area contributed by atoms with Crippen molar-refractivity contribution >= 4 is 17.2 Å². The van der Waals surface area contributed by atoms with Crippen LogP contribution in [0.2, 0.25) is 0 Å². The molecule has 8 heteroatoms. The number of ether oxygens (including phenoxy) is 1. The highest BCUT2D eigenvalue weighted by atomic mass is 32.1. The van der Waals surface area contributed by atoms with Gasteiger partial charge in [0, 0.05) is 49.7 Å². The van der Waals surface area contributed by atoms with Crippen molar-refractivity contribution in [3.63, 3.8) is 0 Å². The third kappa shape index (κ3) is 6.24. The summed E-state index contributed by atoms with van der Waals surface area (Å²) in [5.74, 6) is 0.791. The zero-order chi connectivity index (χ0) is 24.3. The molecule has 1 aromatic carbocycles. The molecule has 3 heterocycles. The lowest BCUT2D eigenvalue weighted by atomic mass is 9.98. The van der Waals surface area contributed by atoms with E-state index in [9.17, 15) is 4.79 Å². The molecule has 0 unspecified atom stereocenters. The Bertz CT molecular complexity index is 1110. The molecule has 1 fully saturated rings. The standard InChI is InChI=1S/C26H35N5O2S/c1-19-13-20(2)15-22(14-19)33-18-31-10-7-23(28-31)24(32)30-9-6-8-29(11-12-30)16-21-17-34-25(27-21)26(3,4)5/h7,10,13-15,17H,6,8-9,11-12,16,18H2,1-5H3. The Hall–Kier alpha value is -2.71. The molecule has 1 saturated heterocycles. The summed E-state index contributed by atoms with van der Waals surface area (Å²) >= 11 is 1.74. The van der Waals surface area contributed by atoms with Gasteiger partial charge < -0.3 is 9.64 Å². The monoisotopic (exact) mass is 481 g/mol. The van der Waals surface area contributed by atoms with Gasteiger partial charge in [-0.05, 0) is 49.6 Å². The van der Waals surface area contributed by atoms with Crippen LogP contribution in [0.4, 0.5) is 0 Å². The number of amides is 1. The molecule has 1 aliphatic heterocycles. The van der Waals surface area contributed by atoms with E-state index in [0.29, 0.717) is 12.2 Å². The smallest absolute Gasteiger partial charge is 0.274 e. The Morgan fingerprint density at radius 1 is 1.09 bits per heavy atom. The zero-order valence-electron chi connectivity index (χ0n) is 20.9. The van der Waals surface area contributed by atoms with Crippen LogP contribution >= 0.6 is 11.3 Å². The van der Waals surface area contributed by atoms with E-state index in [1.807, 2.05) is 30.9 Å². The fourth-order valence-electron chi connectivity index (χ4n) is 4.15. The van der Waals surface area contributed by atoms with Crippen molar-refractivity contribution in [3.05, 3.63) is 63.4 Å². The van der Waals surface area contributed by atoms with Gasteiger partial charge >= 0.3 is 0 Å². The second-order valence-electron chi connectivity index (χ2n) is 10.2. The zero-order valence-corrected chi connectivity index (χ0v) is 21.7. The van der Waals surface area contributed by atoms with Gasteiger partial charge in [0.25, 0.3) is 5.91 Å². The van der Waals surface area contributed by atoms with E-state index < -0.39 is 0 Å². The Kier molecular flexibility index (Phi) is 7.38. The Labute approximate surface area is 206 Å². The Balaban J connectivity index is 1.30. The van der Waals surface area contributed by atoms with Crippen LogP contribution in [0, 0.1) is 13.8 Å². The second kappa shape index (κ2) is 10.3. The van der Waals surface area contributed by atoms with E-state index in [4.69, 9.17) is 9.72 Å². The lowest BCUT2D eigenvalue weighted by Crippen LogP contribution is -2.35. The molecule has 0 N–H and O–H groups in total. The summed E-state index contributed by atoms with van der Waals surface area (Å²) in [5, 5.41) is 7.81. The predicted molar refractivity (Wildman–Crippen MR) is 135 cm³/mol. The van der Waals surface area contributed by atoms with Gasteiger partial charge in [0.15, 0.2) is 12.4 Å². The van der Waals surface area contributed by atoms with Crippen LogP contribution in [-0.4, -0.2) is 56.7 Å². The van der Waals surface area contributed by atoms with Crippen LogP contribution in [0.1, 0.15) is 59.5 Å². The van der Waals surface area contributed by atoms with Gasteiger partial charge in [0.2, 0.25) is 0 Å². The van der Waals surface area contributed by atoms with Crippen LogP contribution in [0.5, 0.6) is 5.75 Å². The molecule has 0 aliphatic carbocycles. The van der Waals surface area contributed by atoms with Crippen molar-refractivity contribution in [1.29, 1.82) is 0 Å². The number of hydrogen-bond acceptors (Lipinski definition) is 6. The molecule has 0 atom stereocenters. The van der Waals surface area contributed by atoms with Crippen molar-refractivity contribution in [1.82, 2.24) is 24.6 Å². The van der Waals surface area contributed by atoms with Crippen molar-refractivity contribution in [2.75, 3.05) is 26.2 Å². The van der Waals surface area contributed by atoms with Crippen LogP contribution in [0.3, 0.4) is 0 Å². The number of rotatable bonds is 6. The van der Waals surface area contributed by atoms with Crippen molar-refractivity contribution in [2.24, 2.45) is 0 Å². The summed E-state index contributed by atoms with van der Waals surface area (Å²) < 4.78 is 7.54. The molecular weight excluding hydrogens is 446 g/mol. The maximum absolute atomic E-state index is 13.1. The summed E-state index contributed by atoms with van der Waals surface area (Å²) in [6.45, 7) is 15.0. The van der Waals surface area contributed by atoms with Gasteiger partial charge in [0.05, 0.1) is 10.7 Å². The highest BCUT2D eigenvalue weighted by Gasteiger charge is 2.23. The third-order valence-corrected chi connectivity index (χ3v) is 7.19. The van der Waals surface area contributed by atoms with Gasteiger partial charge in [-0.3, -0.25) is 9.69 Å². The molecule has 34 heavy (non-hydrogen) atoms. The number of benzene rings is 1. The minimum atomic E-state index is -0.0179. The second-order valence-corrected chi connectivity index (χ2v) is 11.0. The van der Waals surface area contributed by atoms with Crippen LogP contribution in [0.25, 0.3) is 0 Å². The number of aromatic nitrogens is 3. The highest BCUT2D eigenvalue weighted by Crippen LogP contribution is 2.26. The molecule has 182 valence electrons. The summed E-state index contributed by atoms with van der Waals surface area (Å²) in [4.78, 5) is 22.2. The Morgan fingerprint density at radius 3 is 2.56 bits per heavy atom. The normalized spacial score (nSPS) is 15.4. The summed E-state index contributed by atoms with van der Waals surface area (Å²) in [5.41, 5.74) is 3.99. The number of hydrogen-bond donors (Lipinski definition) is 0. The molecule has 7 nitrogen and oxygen atoms in total. The van der Waals surface area contributed by atoms with E-state index in [1.54, 1.807) is 28.3 Å². The van der Waals surface area contributed by atoms with E-state index >= 15 is 0 Å². The van der Waals surface area contributed by atoms with Gasteiger partial charge in [-0.25, -0.2) is 9.67 Å². The minimum absolute atomic E-state index is 0.0179. The van der Waals surface area contributed by atoms with Crippen LogP contribution < -0.4 is 4.74 Å². The molecule has 3 aromatic rings. The first kappa shape index (κ1) is 24.4. The van der Waals surface area contributed by atoms with Crippen molar-refractivity contribution in [2.45, 2.75) is 59.7 Å². The van der Waals surface area contributed by atoms with E-state index in [-0.39, 0.29) is 18.1 Å². The molecule has 2 aromatic heterocycles. The van der Waals surface area contributed by atoms with Gasteiger partial charge in [-0.1, -0.05) is 26.8 Å². The average molecular weight is 482 g/mol. The average Bonchev–Trinajstić information content (AvgIpc) is 3.37. The fraction of sp³-hybridized carbons (Fsp3) is 0.500. The van der Waals surface area contributed by atoms with E-state index in [0.717, 1.165) is 55.2 Å². The highest BCUT2D eigenvalue weighted by molar-refractivity contribution is 7.09. The SMILES string of the molecule is Cc1cc(C)cc(OCn2ccc(C(=O)N3CCCN(Cc4csc(C(C)(C)C)n4)CC3)n2)c1. The lowest BCUT2D eigenvalue weighted by Gasteiger charge is -2.21. The predicted octanol–water partition coefficient (Wildman–Crippen LogP) is 4.64. The number of aryl methyl sites for hydroxylation is 2. The number of carbonyl (C=O) groups excluding carboxylic acids is 1. The molecule has 0 bridgehead atoms. The van der Waals surface area contributed by atoms with Gasteiger partial charge in [-0.2, -0.15) is 5.10 Å². The quantitative estimate of drug-likeness (QED) is 0.513. The van der Waals surface area contributed by atoms with Crippen LogP contribution in [0.15, 0.2) is 35.8 Å². The number of thiazole rings is 1. The topological polar surface area (TPSA) is 63.5 Å². The van der Waals surface area contributed by atoms with Crippen molar-refractivity contribution < 1.29 is 9.53 Å². The summed E-state index contributed by atoms with van der Waals surface area (Å²) in [6.07, 6.45) is 2.74. The maximum atomic E-state index is 13.1. The van der Waals surface area contributed by atoms with E-state index in [2.05, 4.69) is 42.2 Å². The maximum Gasteiger partial charge on any atom is 0.274 e. The summed E-state index contributed by atoms with van der Waals surface area (Å²) in [7, 11) is 0. The molecule has 1 amide bonds. The minimum Gasteiger partial charge on any atom is -0.471 e. The molecule has 1 aliphatic rings. The molecule has 0 saturated carbocycles.